The third-order valence-electron chi connectivity index (χ3n) is 2.99. The van der Waals surface area contributed by atoms with Gasteiger partial charge in [-0.2, -0.15) is 4.98 Å². The van der Waals surface area contributed by atoms with Crippen molar-refractivity contribution in [3.8, 4) is 5.88 Å². The molecule has 0 aliphatic carbocycles. The molecular formula is C12H14N6O5S. The van der Waals surface area contributed by atoms with E-state index in [1.54, 1.807) is 0 Å². The van der Waals surface area contributed by atoms with Crippen LogP contribution in [0.4, 0.5) is 5.88 Å². The number of morpholine rings is 1. The maximum absolute atomic E-state index is 11.8. The van der Waals surface area contributed by atoms with Gasteiger partial charge in [-0.3, -0.25) is 9.32 Å². The zero-order valence-corrected chi connectivity index (χ0v) is 13.2. The quantitative estimate of drug-likeness (QED) is 0.203. The third kappa shape index (κ3) is 4.23. The van der Waals surface area contributed by atoms with Gasteiger partial charge in [0.05, 0.1) is 37.2 Å². The Kier molecular flexibility index (Phi) is 4.96. The lowest BCUT2D eigenvalue weighted by Gasteiger charge is -2.18. The Morgan fingerprint density at radius 3 is 3.08 bits per heavy atom. The van der Waals surface area contributed by atoms with Crippen molar-refractivity contribution in [2.45, 2.75) is 5.16 Å². The lowest BCUT2D eigenvalue weighted by atomic mass is 10.5. The van der Waals surface area contributed by atoms with E-state index in [0.29, 0.717) is 26.3 Å². The van der Waals surface area contributed by atoms with Gasteiger partial charge < -0.3 is 19.9 Å². The van der Waals surface area contributed by atoms with Crippen LogP contribution in [0.5, 0.6) is 5.88 Å². The molecule has 0 bridgehead atoms. The van der Waals surface area contributed by atoms with Crippen molar-refractivity contribution in [3.63, 3.8) is 0 Å². The second-order valence-electron chi connectivity index (χ2n) is 4.73. The summed E-state index contributed by atoms with van der Waals surface area (Å²) in [7, 11) is 0. The Morgan fingerprint density at radius 1 is 1.54 bits per heavy atom. The fourth-order valence-corrected chi connectivity index (χ4v) is 2.60. The highest BCUT2D eigenvalue weighted by Crippen LogP contribution is 2.14. The number of ether oxygens (including phenoxy) is 1. The molecule has 1 fully saturated rings. The SMILES string of the molecule is O=c1cc(O)nc(SC/C([O-])=N\c2c[n+](N3CCOCC3)no2)[nH]1. The fourth-order valence-electron chi connectivity index (χ4n) is 1.95. The normalized spacial score (nSPS) is 15.7. The van der Waals surface area contributed by atoms with Crippen molar-refractivity contribution >= 4 is 23.5 Å². The molecule has 2 N–H and O–H groups in total. The van der Waals surface area contributed by atoms with Crippen LogP contribution >= 0.6 is 11.8 Å². The average molecular weight is 354 g/mol. The van der Waals surface area contributed by atoms with Gasteiger partial charge in [-0.05, 0) is 5.90 Å². The second kappa shape index (κ2) is 7.31. The predicted molar refractivity (Wildman–Crippen MR) is 79.8 cm³/mol. The lowest BCUT2D eigenvalue weighted by molar-refractivity contribution is -0.759. The second-order valence-corrected chi connectivity index (χ2v) is 5.69. The van der Waals surface area contributed by atoms with Crippen molar-refractivity contribution in [2.24, 2.45) is 4.99 Å². The van der Waals surface area contributed by atoms with Gasteiger partial charge in [-0.25, -0.2) is 4.99 Å². The van der Waals surface area contributed by atoms with E-state index < -0.39 is 17.3 Å². The summed E-state index contributed by atoms with van der Waals surface area (Å²) >= 11 is 0.945. The van der Waals surface area contributed by atoms with Gasteiger partial charge in [0.25, 0.3) is 11.8 Å². The van der Waals surface area contributed by atoms with Crippen LogP contribution < -0.4 is 20.5 Å². The number of rotatable bonds is 5. The fraction of sp³-hybridized carbons (Fsp3) is 0.417. The highest BCUT2D eigenvalue weighted by atomic mass is 32.2. The van der Waals surface area contributed by atoms with Crippen molar-refractivity contribution in [1.82, 2.24) is 15.2 Å². The van der Waals surface area contributed by atoms with E-state index in [2.05, 4.69) is 20.2 Å². The number of hydrogen-bond donors (Lipinski definition) is 2. The van der Waals surface area contributed by atoms with Crippen LogP contribution in [-0.4, -0.2) is 58.3 Å². The highest BCUT2D eigenvalue weighted by molar-refractivity contribution is 7.99. The summed E-state index contributed by atoms with van der Waals surface area (Å²) in [5.41, 5.74) is -0.504. The molecule has 1 aliphatic heterocycles. The van der Waals surface area contributed by atoms with Crippen molar-refractivity contribution in [3.05, 3.63) is 22.6 Å². The first-order valence-corrected chi connectivity index (χ1v) is 7.98. The Balaban J connectivity index is 1.61. The molecular weight excluding hydrogens is 340 g/mol. The molecule has 2 aromatic rings. The summed E-state index contributed by atoms with van der Waals surface area (Å²) in [6, 6.07) is 0.940. The summed E-state index contributed by atoms with van der Waals surface area (Å²) in [5.74, 6) is -0.905. The lowest BCUT2D eigenvalue weighted by Crippen LogP contribution is -2.62. The van der Waals surface area contributed by atoms with E-state index in [-0.39, 0.29) is 16.8 Å². The number of nitrogens with one attached hydrogen (secondary N) is 1. The average Bonchev–Trinajstić information content (AvgIpc) is 3.01. The van der Waals surface area contributed by atoms with Crippen molar-refractivity contribution in [1.29, 1.82) is 0 Å². The van der Waals surface area contributed by atoms with Gasteiger partial charge in [0, 0.05) is 5.75 Å². The summed E-state index contributed by atoms with van der Waals surface area (Å²) in [5, 5.41) is 26.9. The number of H-pyrrole nitrogens is 1. The minimum atomic E-state index is -0.504. The topological polar surface area (TPSA) is 144 Å². The number of aromatic nitrogens is 4. The van der Waals surface area contributed by atoms with Crippen LogP contribution in [0.15, 0.2) is 31.7 Å². The molecule has 3 heterocycles. The van der Waals surface area contributed by atoms with Crippen LogP contribution in [0.3, 0.4) is 0 Å². The Labute approximate surface area is 139 Å². The molecule has 0 atom stereocenters. The summed E-state index contributed by atoms with van der Waals surface area (Å²) in [6.07, 6.45) is 1.50. The summed E-state index contributed by atoms with van der Waals surface area (Å²) < 4.78 is 10.2. The number of aromatic hydroxyl groups is 1. The first-order chi connectivity index (χ1) is 11.6. The molecule has 128 valence electrons. The van der Waals surface area contributed by atoms with Crippen molar-refractivity contribution in [2.75, 3.05) is 37.1 Å². The number of thioether (sulfide) groups is 1. The van der Waals surface area contributed by atoms with E-state index in [1.807, 2.05) is 5.01 Å². The summed E-state index contributed by atoms with van der Waals surface area (Å²) in [6.45, 7) is 2.52. The number of aromatic amines is 1. The number of nitrogens with zero attached hydrogens (tertiary/aromatic N) is 5. The van der Waals surface area contributed by atoms with Gasteiger partial charge in [-0.1, -0.05) is 11.8 Å². The number of aliphatic imine (C=N–C) groups is 1. The minimum absolute atomic E-state index is 0.0736. The molecule has 11 nitrogen and oxygen atoms in total. The molecule has 2 aromatic heterocycles. The van der Waals surface area contributed by atoms with Crippen LogP contribution in [0.2, 0.25) is 0 Å². The molecule has 0 radical (unpaired) electrons. The largest absolute Gasteiger partial charge is 0.861 e. The van der Waals surface area contributed by atoms with E-state index in [4.69, 9.17) is 9.26 Å². The van der Waals surface area contributed by atoms with Crippen LogP contribution in [0, 0.1) is 0 Å². The van der Waals surface area contributed by atoms with Crippen LogP contribution in [0.25, 0.3) is 0 Å². The third-order valence-corrected chi connectivity index (χ3v) is 3.85. The molecule has 0 saturated carbocycles. The van der Waals surface area contributed by atoms with Crippen LogP contribution in [-0.2, 0) is 4.74 Å². The molecule has 12 heteroatoms. The predicted octanol–water partition coefficient (Wildman–Crippen LogP) is -2.10. The number of hydrogen-bond acceptors (Lipinski definition) is 10. The van der Waals surface area contributed by atoms with Crippen molar-refractivity contribution < 1.29 is 24.3 Å². The Hall–Kier alpha value is -2.60. The molecule has 0 unspecified atom stereocenters. The highest BCUT2D eigenvalue weighted by Gasteiger charge is 2.22. The van der Waals surface area contributed by atoms with E-state index in [1.165, 1.54) is 11.0 Å². The first-order valence-electron chi connectivity index (χ1n) is 6.99. The maximum atomic E-state index is 11.8. The van der Waals surface area contributed by atoms with E-state index in [0.717, 1.165) is 17.8 Å². The minimum Gasteiger partial charge on any atom is -0.861 e. The molecule has 1 saturated heterocycles. The monoisotopic (exact) mass is 354 g/mol. The van der Waals surface area contributed by atoms with Gasteiger partial charge in [-0.15, -0.1) is 5.01 Å². The van der Waals surface area contributed by atoms with E-state index in [9.17, 15) is 15.0 Å². The molecule has 0 spiro atoms. The Bertz CT molecular complexity index is 784. The zero-order chi connectivity index (χ0) is 16.9. The maximum Gasteiger partial charge on any atom is 0.324 e. The van der Waals surface area contributed by atoms with Gasteiger partial charge in [0.15, 0.2) is 5.16 Å². The zero-order valence-electron chi connectivity index (χ0n) is 12.4. The van der Waals surface area contributed by atoms with Gasteiger partial charge >= 0.3 is 5.88 Å². The van der Waals surface area contributed by atoms with Gasteiger partial charge in [0.2, 0.25) is 11.2 Å². The van der Waals surface area contributed by atoms with Gasteiger partial charge in [0.1, 0.15) is 0 Å². The first kappa shape index (κ1) is 16.3. The molecule has 0 aromatic carbocycles. The standard InChI is InChI=1S/C12H14N6O5S/c19-8-5-9(20)15-12(14-8)24-7-10(21)13-11-6-18(16-23-11)17-1-3-22-4-2-17/h5-6H,1-4,7H2,(H2-,13,14,15,16,19,20,21). The smallest absolute Gasteiger partial charge is 0.324 e. The molecule has 1 aliphatic rings. The van der Waals surface area contributed by atoms with Crippen LogP contribution in [0.1, 0.15) is 0 Å². The molecule has 24 heavy (non-hydrogen) atoms. The molecule has 3 rings (SSSR count). The summed E-state index contributed by atoms with van der Waals surface area (Å²) in [4.78, 5) is 22.5. The molecule has 0 amide bonds. The van der Waals surface area contributed by atoms with E-state index >= 15 is 0 Å². The Morgan fingerprint density at radius 2 is 2.33 bits per heavy atom.